The molecule has 0 aliphatic rings. The molecule has 5 nitrogen and oxygen atoms in total. The summed E-state index contributed by atoms with van der Waals surface area (Å²) in [6, 6.07) is 73.4. The van der Waals surface area contributed by atoms with E-state index in [9.17, 15) is 0 Å². The molecular formula is C59H34N4OS. The van der Waals surface area contributed by atoms with Crippen LogP contribution in [-0.2, 0) is 0 Å². The minimum Gasteiger partial charge on any atom is -0.456 e. The van der Waals surface area contributed by atoms with Crippen LogP contribution in [0.25, 0.3) is 136 Å². The van der Waals surface area contributed by atoms with E-state index in [1.54, 1.807) is 0 Å². The highest BCUT2D eigenvalue weighted by Gasteiger charge is 2.23. The van der Waals surface area contributed by atoms with Crippen molar-refractivity contribution in [3.8, 4) is 51.0 Å². The predicted molar refractivity (Wildman–Crippen MR) is 271 cm³/mol. The van der Waals surface area contributed by atoms with Gasteiger partial charge in [0.2, 0.25) is 0 Å². The lowest BCUT2D eigenvalue weighted by Crippen LogP contribution is -2.02. The van der Waals surface area contributed by atoms with Crippen molar-refractivity contribution in [3.05, 3.63) is 206 Å². The fourth-order valence-corrected chi connectivity index (χ4v) is 11.3. The molecule has 0 aliphatic heterocycles. The van der Waals surface area contributed by atoms with E-state index in [-0.39, 0.29) is 0 Å². The van der Waals surface area contributed by atoms with Gasteiger partial charge in [0, 0.05) is 64.0 Å². The van der Waals surface area contributed by atoms with Crippen molar-refractivity contribution in [2.75, 3.05) is 0 Å². The molecule has 4 aromatic heterocycles. The predicted octanol–water partition coefficient (Wildman–Crippen LogP) is 16.2. The largest absolute Gasteiger partial charge is 0.456 e. The van der Waals surface area contributed by atoms with Crippen molar-refractivity contribution < 1.29 is 4.42 Å². The molecule has 14 aromatic rings. The number of hydrogen-bond acceptors (Lipinski definition) is 5. The average molecular weight is 847 g/mol. The Balaban J connectivity index is 1.09. The lowest BCUT2D eigenvalue weighted by atomic mass is 9.94. The molecule has 0 N–H and O–H groups in total. The van der Waals surface area contributed by atoms with Gasteiger partial charge in [0.25, 0.3) is 0 Å². The summed E-state index contributed by atoms with van der Waals surface area (Å²) in [5.41, 5.74) is 9.94. The van der Waals surface area contributed by atoms with Gasteiger partial charge >= 0.3 is 0 Å². The van der Waals surface area contributed by atoms with Crippen LogP contribution in [0, 0.1) is 0 Å². The molecule has 0 bridgehead atoms. The molecular weight excluding hydrogens is 813 g/mol. The third-order valence-electron chi connectivity index (χ3n) is 13.0. The maximum absolute atomic E-state index is 6.36. The van der Waals surface area contributed by atoms with Crippen molar-refractivity contribution in [2.45, 2.75) is 0 Å². The van der Waals surface area contributed by atoms with Crippen LogP contribution in [-0.4, -0.2) is 19.5 Å². The van der Waals surface area contributed by atoms with Crippen LogP contribution in [0.2, 0.25) is 0 Å². The molecule has 0 fully saturated rings. The summed E-state index contributed by atoms with van der Waals surface area (Å²) in [5.74, 6) is 1.78. The van der Waals surface area contributed by atoms with Gasteiger partial charge in [-0.25, -0.2) is 15.0 Å². The number of fused-ring (bicyclic) bond motifs is 12. The molecule has 302 valence electrons. The molecule has 14 rings (SSSR count). The maximum atomic E-state index is 6.36. The fourth-order valence-electron chi connectivity index (χ4n) is 10.1. The zero-order valence-electron chi connectivity index (χ0n) is 34.7. The molecule has 0 saturated carbocycles. The summed E-state index contributed by atoms with van der Waals surface area (Å²) in [7, 11) is 0. The van der Waals surface area contributed by atoms with Gasteiger partial charge in [0.1, 0.15) is 11.2 Å². The molecule has 0 aliphatic carbocycles. The van der Waals surface area contributed by atoms with E-state index in [1.807, 2.05) is 59.9 Å². The normalized spacial score (nSPS) is 12.0. The standard InChI is InChI=1S/C59H34N4OS/c1-2-15-36(16-3-1)57-60-58(62-59(61-57)44-23-12-26-51-54(44)43-21-9-11-25-50(43)64-51)39-28-30-48(63-47-24-10-8-20-41(47)45-32-37-17-4-5-18-38(37)34-49(45)63)46(33-39)42-22-13-27-52-56(42)55-40-19-7-6-14-35(40)29-31-53(55)65-52/h1-34H. The topological polar surface area (TPSA) is 56.7 Å². The second-order valence-corrected chi connectivity index (χ2v) is 17.8. The monoisotopic (exact) mass is 846 g/mol. The van der Waals surface area contributed by atoms with Crippen molar-refractivity contribution >= 4 is 96.8 Å². The molecule has 0 atom stereocenters. The molecule has 10 aromatic carbocycles. The van der Waals surface area contributed by atoms with Crippen LogP contribution in [0.1, 0.15) is 0 Å². The van der Waals surface area contributed by atoms with Crippen LogP contribution in [0.3, 0.4) is 0 Å². The van der Waals surface area contributed by atoms with Gasteiger partial charge in [-0.3, -0.25) is 0 Å². The smallest absolute Gasteiger partial charge is 0.164 e. The Kier molecular flexibility index (Phi) is 7.79. The van der Waals surface area contributed by atoms with Crippen LogP contribution in [0.4, 0.5) is 0 Å². The highest BCUT2D eigenvalue weighted by atomic mass is 32.1. The first-order valence-corrected chi connectivity index (χ1v) is 22.7. The number of hydrogen-bond donors (Lipinski definition) is 0. The summed E-state index contributed by atoms with van der Waals surface area (Å²) in [6.07, 6.45) is 0. The van der Waals surface area contributed by atoms with E-state index >= 15 is 0 Å². The van der Waals surface area contributed by atoms with Gasteiger partial charge in [0.05, 0.1) is 16.7 Å². The summed E-state index contributed by atoms with van der Waals surface area (Å²) >= 11 is 1.85. The summed E-state index contributed by atoms with van der Waals surface area (Å²) in [5, 5.41) is 11.9. The quantitative estimate of drug-likeness (QED) is 0.173. The van der Waals surface area contributed by atoms with Crippen molar-refractivity contribution in [1.29, 1.82) is 0 Å². The SMILES string of the molecule is c1ccc(-c2nc(-c3ccc(-n4c5ccccc5c5cc6ccccc6cc54)c(-c4cccc5sc6ccc7ccccc7c6c45)c3)nc(-c3cccc4oc5ccccc5c34)n2)cc1. The Hall–Kier alpha value is -8.45. The molecule has 6 heteroatoms. The molecule has 65 heavy (non-hydrogen) atoms. The van der Waals surface area contributed by atoms with E-state index in [0.29, 0.717) is 17.5 Å². The molecule has 0 radical (unpaired) electrons. The van der Waals surface area contributed by atoms with E-state index in [0.717, 1.165) is 66.5 Å². The molecule has 0 spiro atoms. The van der Waals surface area contributed by atoms with Gasteiger partial charge in [-0.15, -0.1) is 11.3 Å². The van der Waals surface area contributed by atoms with Gasteiger partial charge in [-0.1, -0.05) is 146 Å². The Morgan fingerprint density at radius 2 is 1.02 bits per heavy atom. The Labute approximate surface area is 376 Å². The number of benzene rings is 10. The lowest BCUT2D eigenvalue weighted by molar-refractivity contribution is 0.669. The third-order valence-corrected chi connectivity index (χ3v) is 14.1. The Morgan fingerprint density at radius 3 is 1.89 bits per heavy atom. The van der Waals surface area contributed by atoms with Gasteiger partial charge in [-0.2, -0.15) is 0 Å². The zero-order valence-corrected chi connectivity index (χ0v) is 35.6. The van der Waals surface area contributed by atoms with E-state index in [1.165, 1.54) is 52.5 Å². The van der Waals surface area contributed by atoms with Crippen LogP contribution >= 0.6 is 11.3 Å². The second kappa shape index (κ2) is 14.0. The summed E-state index contributed by atoms with van der Waals surface area (Å²) in [6.45, 7) is 0. The van der Waals surface area contributed by atoms with Crippen LogP contribution in [0.15, 0.2) is 211 Å². The number of nitrogens with zero attached hydrogens (tertiary/aromatic N) is 4. The van der Waals surface area contributed by atoms with Gasteiger partial charge < -0.3 is 8.98 Å². The van der Waals surface area contributed by atoms with Crippen LogP contribution < -0.4 is 0 Å². The highest BCUT2D eigenvalue weighted by molar-refractivity contribution is 7.26. The van der Waals surface area contributed by atoms with E-state index < -0.39 is 0 Å². The average Bonchev–Trinajstić information content (AvgIpc) is 4.05. The van der Waals surface area contributed by atoms with E-state index in [2.05, 4.69) is 162 Å². The van der Waals surface area contributed by atoms with Crippen molar-refractivity contribution in [1.82, 2.24) is 19.5 Å². The molecule has 0 saturated heterocycles. The first-order chi connectivity index (χ1) is 32.2. The highest BCUT2D eigenvalue weighted by Crippen LogP contribution is 2.47. The second-order valence-electron chi connectivity index (χ2n) is 16.7. The Bertz CT molecular complexity index is 4260. The minimum atomic E-state index is 0.586. The van der Waals surface area contributed by atoms with Gasteiger partial charge in [0.15, 0.2) is 17.5 Å². The molecule has 4 heterocycles. The number of thiophene rings is 1. The Morgan fingerprint density at radius 1 is 0.354 bits per heavy atom. The van der Waals surface area contributed by atoms with E-state index in [4.69, 9.17) is 19.4 Å². The maximum Gasteiger partial charge on any atom is 0.164 e. The number of rotatable bonds is 5. The summed E-state index contributed by atoms with van der Waals surface area (Å²) < 4.78 is 11.3. The third kappa shape index (κ3) is 5.54. The molecule has 0 amide bonds. The van der Waals surface area contributed by atoms with Crippen molar-refractivity contribution in [3.63, 3.8) is 0 Å². The number of para-hydroxylation sites is 2. The lowest BCUT2D eigenvalue weighted by Gasteiger charge is -2.17. The zero-order chi connectivity index (χ0) is 42.6. The number of aromatic nitrogens is 4. The van der Waals surface area contributed by atoms with Crippen molar-refractivity contribution in [2.24, 2.45) is 0 Å². The first-order valence-electron chi connectivity index (χ1n) is 21.8. The summed E-state index contributed by atoms with van der Waals surface area (Å²) in [4.78, 5) is 15.9. The molecule has 0 unspecified atom stereocenters. The van der Waals surface area contributed by atoms with Gasteiger partial charge in [-0.05, 0) is 87.8 Å². The first kappa shape index (κ1) is 36.1. The number of furan rings is 1. The minimum absolute atomic E-state index is 0.586. The van der Waals surface area contributed by atoms with Crippen LogP contribution in [0.5, 0.6) is 0 Å². The fraction of sp³-hybridized carbons (Fsp3) is 0.